The van der Waals surface area contributed by atoms with Crippen LogP contribution in [0.1, 0.15) is 37.6 Å². The predicted molar refractivity (Wildman–Crippen MR) is 112 cm³/mol. The van der Waals surface area contributed by atoms with Crippen LogP contribution in [0.25, 0.3) is 11.1 Å². The molecule has 1 saturated heterocycles. The number of aromatic nitrogens is 1. The van der Waals surface area contributed by atoms with Gasteiger partial charge in [-0.3, -0.25) is 14.2 Å². The first-order valence-electron chi connectivity index (χ1n) is 10.5. The van der Waals surface area contributed by atoms with Crippen LogP contribution in [0.2, 0.25) is 0 Å². The quantitative estimate of drug-likeness (QED) is 0.451. The second-order valence-electron chi connectivity index (χ2n) is 8.10. The Hall–Kier alpha value is -2.52. The Bertz CT molecular complexity index is 891. The van der Waals surface area contributed by atoms with Crippen LogP contribution in [0.5, 0.6) is 0 Å². The molecular weight excluding hydrogens is 426 g/mol. The third kappa shape index (κ3) is 5.27. The molecule has 2 heterocycles. The van der Waals surface area contributed by atoms with Crippen LogP contribution in [-0.2, 0) is 16.1 Å². The van der Waals surface area contributed by atoms with E-state index in [-0.39, 0.29) is 6.67 Å². The zero-order chi connectivity index (χ0) is 23.3. The van der Waals surface area contributed by atoms with E-state index in [9.17, 15) is 22.4 Å². The molecule has 174 valence electrons. The fraction of sp³-hybridized carbons (Fsp3) is 0.478. The zero-order valence-corrected chi connectivity index (χ0v) is 18.0. The summed E-state index contributed by atoms with van der Waals surface area (Å²) in [4.78, 5) is 17.2. The van der Waals surface area contributed by atoms with Crippen LogP contribution in [0.15, 0.2) is 42.6 Å². The molecule has 1 aliphatic rings. The number of rotatable bonds is 9. The lowest BCUT2D eigenvalue weighted by Crippen LogP contribution is -2.51. The maximum absolute atomic E-state index is 13.8. The Kier molecular flexibility index (Phi) is 7.84. The maximum atomic E-state index is 13.8. The lowest BCUT2D eigenvalue weighted by molar-refractivity contribution is -0.159. The number of ether oxygens (including phenoxy) is 1. The Balaban J connectivity index is 1.73. The molecule has 5 nitrogen and oxygen atoms in total. The van der Waals surface area contributed by atoms with Crippen LogP contribution in [-0.4, -0.2) is 53.9 Å². The van der Waals surface area contributed by atoms with Crippen LogP contribution in [0.3, 0.4) is 0 Å². The molecule has 2 aromatic rings. The summed E-state index contributed by atoms with van der Waals surface area (Å²) in [5.74, 6) is -1.44. The molecule has 1 fully saturated rings. The Morgan fingerprint density at radius 3 is 2.41 bits per heavy atom. The van der Waals surface area contributed by atoms with Crippen molar-refractivity contribution in [1.29, 1.82) is 0 Å². The van der Waals surface area contributed by atoms with Crippen LogP contribution in [0.4, 0.5) is 17.6 Å². The van der Waals surface area contributed by atoms with Crippen molar-refractivity contribution < 1.29 is 27.1 Å². The molecule has 0 aliphatic carbocycles. The largest absolute Gasteiger partial charge is 0.346 e. The summed E-state index contributed by atoms with van der Waals surface area (Å²) in [5, 5.41) is 3.11. The second-order valence-corrected chi connectivity index (χ2v) is 8.10. The first-order chi connectivity index (χ1) is 15.3. The van der Waals surface area contributed by atoms with E-state index in [0.29, 0.717) is 25.1 Å². The van der Waals surface area contributed by atoms with Gasteiger partial charge in [-0.15, -0.1) is 0 Å². The topological polar surface area (TPSA) is 54.5 Å². The van der Waals surface area contributed by atoms with Gasteiger partial charge in [-0.2, -0.15) is 8.78 Å². The Morgan fingerprint density at radius 1 is 1.16 bits per heavy atom. The highest BCUT2D eigenvalue weighted by molar-refractivity contribution is 5.80. The van der Waals surface area contributed by atoms with Gasteiger partial charge < -0.3 is 15.0 Å². The van der Waals surface area contributed by atoms with Crippen molar-refractivity contribution in [2.75, 3.05) is 19.9 Å². The molecule has 9 heteroatoms. The van der Waals surface area contributed by atoms with Gasteiger partial charge in [0.15, 0.2) is 0 Å². The zero-order valence-electron chi connectivity index (χ0n) is 18.0. The van der Waals surface area contributed by atoms with E-state index in [1.165, 1.54) is 13.8 Å². The monoisotopic (exact) mass is 453 g/mol. The van der Waals surface area contributed by atoms with Gasteiger partial charge in [-0.25, -0.2) is 4.39 Å². The normalized spacial score (nSPS) is 20.2. The summed E-state index contributed by atoms with van der Waals surface area (Å²) in [6.45, 7) is 2.73. The minimum absolute atomic E-state index is 0.356. The molecule has 0 bridgehead atoms. The van der Waals surface area contributed by atoms with Crippen molar-refractivity contribution in [3.05, 3.63) is 53.9 Å². The number of halogens is 4. The molecule has 1 N–H and O–H groups in total. The highest BCUT2D eigenvalue weighted by atomic mass is 19.3. The standard InChI is InChI=1S/C23H27F4N3O2/c1-23(2)30(22(31)21(26)27)19(12-25)20(32-23)16-6-4-15(5-7-16)17-8-9-18(29-13-17)14-28-11-3-10-24/h4-9,13,19-21,28H,3,10-12,14H2,1-2H3. The molecule has 2 atom stereocenters. The molecule has 1 aliphatic heterocycles. The SMILES string of the molecule is CC1(C)OC(c2ccc(-c3ccc(CNCCCF)nc3)cc2)C(CF)N1C(=O)C(F)F. The minimum atomic E-state index is -3.23. The summed E-state index contributed by atoms with van der Waals surface area (Å²) < 4.78 is 57.8. The van der Waals surface area contributed by atoms with E-state index in [0.717, 1.165) is 21.7 Å². The first-order valence-corrected chi connectivity index (χ1v) is 10.5. The van der Waals surface area contributed by atoms with Gasteiger partial charge in [0.1, 0.15) is 18.5 Å². The van der Waals surface area contributed by atoms with Crippen molar-refractivity contribution in [1.82, 2.24) is 15.2 Å². The Labute approximate surface area is 184 Å². The van der Waals surface area contributed by atoms with Gasteiger partial charge in [0.05, 0.1) is 18.4 Å². The summed E-state index contributed by atoms with van der Waals surface area (Å²) in [6.07, 6.45) is -1.90. The number of nitrogens with zero attached hydrogens (tertiary/aromatic N) is 2. The highest BCUT2D eigenvalue weighted by Crippen LogP contribution is 2.42. The molecular formula is C23H27F4N3O2. The predicted octanol–water partition coefficient (Wildman–Crippen LogP) is 4.44. The number of hydrogen-bond acceptors (Lipinski definition) is 4. The molecule has 32 heavy (non-hydrogen) atoms. The summed E-state index contributed by atoms with van der Waals surface area (Å²) in [5.41, 5.74) is 1.81. The molecule has 1 amide bonds. The summed E-state index contributed by atoms with van der Waals surface area (Å²) in [6, 6.07) is 9.76. The molecule has 0 radical (unpaired) electrons. The maximum Gasteiger partial charge on any atom is 0.315 e. The lowest BCUT2D eigenvalue weighted by Gasteiger charge is -2.32. The van der Waals surface area contributed by atoms with Crippen molar-refractivity contribution in [2.45, 2.75) is 51.1 Å². The fourth-order valence-corrected chi connectivity index (χ4v) is 3.93. The average Bonchev–Trinajstić information content (AvgIpc) is 3.07. The molecule has 1 aromatic carbocycles. The van der Waals surface area contributed by atoms with E-state index >= 15 is 0 Å². The van der Waals surface area contributed by atoms with E-state index in [1.807, 2.05) is 24.3 Å². The molecule has 2 unspecified atom stereocenters. The number of benzene rings is 1. The van der Waals surface area contributed by atoms with E-state index < -0.39 is 36.9 Å². The number of nitrogens with one attached hydrogen (secondary N) is 1. The van der Waals surface area contributed by atoms with Gasteiger partial charge in [0.2, 0.25) is 0 Å². The minimum Gasteiger partial charge on any atom is -0.346 e. The number of pyridine rings is 1. The van der Waals surface area contributed by atoms with Crippen molar-refractivity contribution >= 4 is 5.91 Å². The lowest BCUT2D eigenvalue weighted by atomic mass is 9.99. The van der Waals surface area contributed by atoms with Gasteiger partial charge in [-0.1, -0.05) is 30.3 Å². The van der Waals surface area contributed by atoms with Crippen LogP contribution < -0.4 is 5.32 Å². The number of alkyl halides is 4. The highest BCUT2D eigenvalue weighted by Gasteiger charge is 2.52. The first kappa shape index (κ1) is 24.1. The smallest absolute Gasteiger partial charge is 0.315 e. The van der Waals surface area contributed by atoms with E-state index in [2.05, 4.69) is 10.3 Å². The number of hydrogen-bond donors (Lipinski definition) is 1. The molecule has 0 spiro atoms. The van der Waals surface area contributed by atoms with Crippen molar-refractivity contribution in [3.63, 3.8) is 0 Å². The molecule has 0 saturated carbocycles. The number of carbonyl (C=O) groups excluding carboxylic acids is 1. The van der Waals surface area contributed by atoms with Crippen molar-refractivity contribution in [2.24, 2.45) is 0 Å². The van der Waals surface area contributed by atoms with E-state index in [4.69, 9.17) is 4.74 Å². The fourth-order valence-electron chi connectivity index (χ4n) is 3.93. The van der Waals surface area contributed by atoms with Crippen LogP contribution in [0, 0.1) is 0 Å². The van der Waals surface area contributed by atoms with Crippen molar-refractivity contribution in [3.8, 4) is 11.1 Å². The van der Waals surface area contributed by atoms with Crippen LogP contribution >= 0.6 is 0 Å². The second kappa shape index (κ2) is 10.4. The summed E-state index contributed by atoms with van der Waals surface area (Å²) >= 11 is 0. The van der Waals surface area contributed by atoms with Gasteiger partial charge >= 0.3 is 6.43 Å². The molecule has 3 rings (SSSR count). The molecule has 1 aromatic heterocycles. The van der Waals surface area contributed by atoms with Gasteiger partial charge in [0, 0.05) is 18.3 Å². The Morgan fingerprint density at radius 2 is 1.84 bits per heavy atom. The third-order valence-corrected chi connectivity index (χ3v) is 5.45. The third-order valence-electron chi connectivity index (χ3n) is 5.45. The number of carbonyl (C=O) groups is 1. The van der Waals surface area contributed by atoms with E-state index in [1.54, 1.807) is 18.3 Å². The van der Waals surface area contributed by atoms with Gasteiger partial charge in [-0.05, 0) is 44.0 Å². The average molecular weight is 453 g/mol. The summed E-state index contributed by atoms with van der Waals surface area (Å²) in [7, 11) is 0. The number of amides is 1. The van der Waals surface area contributed by atoms with Gasteiger partial charge in [0.25, 0.3) is 5.91 Å².